The van der Waals surface area contributed by atoms with Crippen molar-refractivity contribution in [3.8, 4) is 0 Å². The molecule has 2 heteroatoms. The average Bonchev–Trinajstić information content (AvgIpc) is 2.34. The maximum absolute atomic E-state index is 12.0. The Kier molecular flexibility index (Phi) is 2.47. The number of carbonyl (C=O) groups is 2. The van der Waals surface area contributed by atoms with Gasteiger partial charge in [0.25, 0.3) is 0 Å². The second kappa shape index (κ2) is 3.91. The first kappa shape index (κ1) is 11.4. The van der Waals surface area contributed by atoms with Crippen molar-refractivity contribution in [2.75, 3.05) is 0 Å². The third-order valence-corrected chi connectivity index (χ3v) is 4.44. The fraction of sp³-hybridized carbons (Fsp3) is 0.375. The van der Waals surface area contributed by atoms with Gasteiger partial charge in [0.15, 0.2) is 11.6 Å². The predicted octanol–water partition coefficient (Wildman–Crippen LogP) is 2.67. The van der Waals surface area contributed by atoms with Crippen molar-refractivity contribution in [3.05, 3.63) is 47.5 Å². The van der Waals surface area contributed by atoms with Gasteiger partial charge in [-0.1, -0.05) is 36.8 Å². The third kappa shape index (κ3) is 1.48. The molecule has 0 N–H and O–H groups in total. The molecule has 92 valence electrons. The predicted molar refractivity (Wildman–Crippen MR) is 69.2 cm³/mol. The maximum atomic E-state index is 12.0. The molecule has 0 radical (unpaired) electrons. The van der Waals surface area contributed by atoms with Crippen LogP contribution in [0.5, 0.6) is 0 Å². The van der Waals surface area contributed by atoms with Gasteiger partial charge in [0.2, 0.25) is 0 Å². The van der Waals surface area contributed by atoms with E-state index in [1.54, 1.807) is 0 Å². The molecule has 2 nitrogen and oxygen atoms in total. The van der Waals surface area contributed by atoms with E-state index in [9.17, 15) is 9.59 Å². The molecule has 0 bridgehead atoms. The summed E-state index contributed by atoms with van der Waals surface area (Å²) in [5.41, 5.74) is 2.40. The summed E-state index contributed by atoms with van der Waals surface area (Å²) >= 11 is 0. The van der Waals surface area contributed by atoms with E-state index in [4.69, 9.17) is 0 Å². The van der Waals surface area contributed by atoms with E-state index in [-0.39, 0.29) is 35.2 Å². The first-order chi connectivity index (χ1) is 8.59. The number of carbonyl (C=O) groups excluding carboxylic acids is 2. The SMILES string of the molecule is Cc1ccc([C@H]2C3C(=O)C=CC(=O)C3[C@@H]2C)cc1. The Morgan fingerprint density at radius 1 is 0.833 bits per heavy atom. The molecule has 4 atom stereocenters. The normalized spacial score (nSPS) is 34.1. The van der Waals surface area contributed by atoms with Crippen LogP contribution in [0, 0.1) is 24.7 Å². The molecule has 0 spiro atoms. The number of benzene rings is 1. The van der Waals surface area contributed by atoms with Crippen molar-refractivity contribution in [2.45, 2.75) is 19.8 Å². The van der Waals surface area contributed by atoms with Crippen LogP contribution in [0.4, 0.5) is 0 Å². The van der Waals surface area contributed by atoms with E-state index in [0.717, 1.165) is 0 Å². The summed E-state index contributed by atoms with van der Waals surface area (Å²) in [6.07, 6.45) is 2.90. The van der Waals surface area contributed by atoms with E-state index in [0.29, 0.717) is 0 Å². The zero-order valence-electron chi connectivity index (χ0n) is 10.6. The van der Waals surface area contributed by atoms with Gasteiger partial charge >= 0.3 is 0 Å². The highest BCUT2D eigenvalue weighted by atomic mass is 16.1. The number of hydrogen-bond donors (Lipinski definition) is 0. The van der Waals surface area contributed by atoms with Gasteiger partial charge in [-0.05, 0) is 36.5 Å². The molecule has 3 rings (SSSR count). The second-order valence-corrected chi connectivity index (χ2v) is 5.49. The van der Waals surface area contributed by atoms with Crippen LogP contribution in [0.2, 0.25) is 0 Å². The molecule has 2 unspecified atom stereocenters. The first-order valence-corrected chi connectivity index (χ1v) is 6.42. The number of rotatable bonds is 1. The van der Waals surface area contributed by atoms with Crippen molar-refractivity contribution in [3.63, 3.8) is 0 Å². The maximum Gasteiger partial charge on any atom is 0.160 e. The van der Waals surface area contributed by atoms with Crippen LogP contribution >= 0.6 is 0 Å². The summed E-state index contributed by atoms with van der Waals surface area (Å²) in [5.74, 6) is 0.490. The molecule has 1 saturated carbocycles. The Morgan fingerprint density at radius 3 is 2.00 bits per heavy atom. The van der Waals surface area contributed by atoms with Gasteiger partial charge < -0.3 is 0 Å². The lowest BCUT2D eigenvalue weighted by atomic mass is 9.51. The molecule has 0 amide bonds. The molecule has 0 aromatic heterocycles. The van der Waals surface area contributed by atoms with E-state index in [1.165, 1.54) is 23.3 Å². The molecule has 1 aromatic rings. The highest BCUT2D eigenvalue weighted by Gasteiger charge is 2.55. The van der Waals surface area contributed by atoms with Crippen molar-refractivity contribution >= 4 is 11.6 Å². The molecular formula is C16H16O2. The van der Waals surface area contributed by atoms with Gasteiger partial charge in [-0.15, -0.1) is 0 Å². The van der Waals surface area contributed by atoms with Crippen LogP contribution in [0.3, 0.4) is 0 Å². The average molecular weight is 240 g/mol. The molecule has 0 saturated heterocycles. The van der Waals surface area contributed by atoms with Crippen molar-refractivity contribution in [2.24, 2.45) is 17.8 Å². The summed E-state index contributed by atoms with van der Waals surface area (Å²) in [4.78, 5) is 23.8. The van der Waals surface area contributed by atoms with Crippen LogP contribution < -0.4 is 0 Å². The van der Waals surface area contributed by atoms with Crippen LogP contribution in [-0.2, 0) is 9.59 Å². The topological polar surface area (TPSA) is 34.1 Å². The number of ketones is 2. The lowest BCUT2D eigenvalue weighted by Crippen LogP contribution is -2.52. The first-order valence-electron chi connectivity index (χ1n) is 6.42. The zero-order valence-corrected chi connectivity index (χ0v) is 10.6. The van der Waals surface area contributed by atoms with E-state index in [2.05, 4.69) is 38.1 Å². The van der Waals surface area contributed by atoms with Crippen LogP contribution in [-0.4, -0.2) is 11.6 Å². The Hall–Kier alpha value is -1.70. The molecular weight excluding hydrogens is 224 g/mol. The van der Waals surface area contributed by atoms with Crippen LogP contribution in [0.1, 0.15) is 24.0 Å². The van der Waals surface area contributed by atoms with Gasteiger partial charge in [-0.3, -0.25) is 9.59 Å². The minimum absolute atomic E-state index is 0.0891. The van der Waals surface area contributed by atoms with Gasteiger partial charge in [0.1, 0.15) is 0 Å². The third-order valence-electron chi connectivity index (χ3n) is 4.44. The standard InChI is InChI=1S/C16H16O2/c1-9-3-5-11(6-4-9)14-10(2)15-12(17)7-8-13(18)16(14)15/h3-8,10,14-16H,1-2H3/t10-,14+,15?,16?/m1/s1. The number of hydrogen-bond acceptors (Lipinski definition) is 2. The lowest BCUT2D eigenvalue weighted by molar-refractivity contribution is -0.141. The van der Waals surface area contributed by atoms with Gasteiger partial charge in [0, 0.05) is 11.8 Å². The second-order valence-electron chi connectivity index (χ2n) is 5.49. The monoisotopic (exact) mass is 240 g/mol. The number of aryl methyl sites for hydroxylation is 1. The summed E-state index contributed by atoms with van der Waals surface area (Å²) in [5, 5.41) is 0. The molecule has 1 fully saturated rings. The molecule has 1 aromatic carbocycles. The van der Waals surface area contributed by atoms with E-state index >= 15 is 0 Å². The minimum atomic E-state index is -0.125. The summed E-state index contributed by atoms with van der Waals surface area (Å²) in [6.45, 7) is 4.13. The molecule has 18 heavy (non-hydrogen) atoms. The molecule has 0 aliphatic heterocycles. The molecule has 2 aliphatic rings. The van der Waals surface area contributed by atoms with Crippen molar-refractivity contribution in [1.82, 2.24) is 0 Å². The van der Waals surface area contributed by atoms with Crippen LogP contribution in [0.15, 0.2) is 36.4 Å². The quantitative estimate of drug-likeness (QED) is 0.756. The number of fused-ring (bicyclic) bond motifs is 1. The Bertz CT molecular complexity index is 539. The summed E-state index contributed by atoms with van der Waals surface area (Å²) < 4.78 is 0. The molecule has 0 heterocycles. The van der Waals surface area contributed by atoms with Crippen molar-refractivity contribution < 1.29 is 9.59 Å². The van der Waals surface area contributed by atoms with Crippen molar-refractivity contribution in [1.29, 1.82) is 0 Å². The number of allylic oxidation sites excluding steroid dienone is 2. The fourth-order valence-electron chi connectivity index (χ4n) is 3.43. The Labute approximate surface area is 107 Å². The summed E-state index contributed by atoms with van der Waals surface area (Å²) in [7, 11) is 0. The lowest BCUT2D eigenvalue weighted by Gasteiger charge is -2.50. The smallest absolute Gasteiger partial charge is 0.160 e. The minimum Gasteiger partial charge on any atom is -0.295 e. The van der Waals surface area contributed by atoms with E-state index < -0.39 is 0 Å². The van der Waals surface area contributed by atoms with E-state index in [1.807, 2.05) is 0 Å². The Balaban J connectivity index is 1.95. The highest BCUT2D eigenvalue weighted by molar-refractivity contribution is 6.09. The zero-order chi connectivity index (χ0) is 12.9. The highest BCUT2D eigenvalue weighted by Crippen LogP contribution is 2.54. The van der Waals surface area contributed by atoms with Crippen LogP contribution in [0.25, 0.3) is 0 Å². The Morgan fingerprint density at radius 2 is 1.39 bits per heavy atom. The van der Waals surface area contributed by atoms with Gasteiger partial charge in [0.05, 0.1) is 0 Å². The molecule has 2 aliphatic carbocycles. The fourth-order valence-corrected chi connectivity index (χ4v) is 3.43. The van der Waals surface area contributed by atoms with Gasteiger partial charge in [-0.25, -0.2) is 0 Å². The summed E-state index contributed by atoms with van der Waals surface area (Å²) in [6, 6.07) is 8.31. The largest absolute Gasteiger partial charge is 0.295 e. The van der Waals surface area contributed by atoms with Gasteiger partial charge in [-0.2, -0.15) is 0 Å².